The lowest BCUT2D eigenvalue weighted by molar-refractivity contribution is -0.123. The van der Waals surface area contributed by atoms with Gasteiger partial charge in [0.05, 0.1) is 12.3 Å². The van der Waals surface area contributed by atoms with Crippen LogP contribution in [-0.4, -0.2) is 37.9 Å². The van der Waals surface area contributed by atoms with E-state index in [9.17, 15) is 19.8 Å². The SMILES string of the molecule is CC1CCC(C(=O)N(c2nn(-c3ccc(CO)cc3)cc2C(=O)O)C(C)C)CC1. The summed E-state index contributed by atoms with van der Waals surface area (Å²) in [6.45, 7) is 5.89. The lowest BCUT2D eigenvalue weighted by atomic mass is 9.82. The summed E-state index contributed by atoms with van der Waals surface area (Å²) in [5, 5.41) is 23.4. The van der Waals surface area contributed by atoms with Gasteiger partial charge in [-0.2, -0.15) is 0 Å². The zero-order valence-corrected chi connectivity index (χ0v) is 17.2. The molecule has 156 valence electrons. The quantitative estimate of drug-likeness (QED) is 0.773. The Morgan fingerprint density at radius 3 is 2.31 bits per heavy atom. The second kappa shape index (κ2) is 8.78. The predicted octanol–water partition coefficient (Wildman–Crippen LogP) is 3.63. The molecule has 7 nitrogen and oxygen atoms in total. The van der Waals surface area contributed by atoms with Gasteiger partial charge < -0.3 is 10.2 Å². The number of amides is 1. The average molecular weight is 399 g/mol. The molecule has 1 aromatic carbocycles. The Labute approximate surface area is 171 Å². The van der Waals surface area contributed by atoms with E-state index >= 15 is 0 Å². The van der Waals surface area contributed by atoms with E-state index in [2.05, 4.69) is 12.0 Å². The van der Waals surface area contributed by atoms with Gasteiger partial charge in [-0.15, -0.1) is 5.10 Å². The molecular formula is C22H29N3O4. The fraction of sp³-hybridized carbons (Fsp3) is 0.500. The summed E-state index contributed by atoms with van der Waals surface area (Å²) >= 11 is 0. The zero-order valence-electron chi connectivity index (χ0n) is 17.2. The Balaban J connectivity index is 1.97. The Hall–Kier alpha value is -2.67. The number of hydrogen-bond donors (Lipinski definition) is 2. The number of aliphatic hydroxyl groups is 1. The number of anilines is 1. The van der Waals surface area contributed by atoms with Crippen molar-refractivity contribution in [3.05, 3.63) is 41.6 Å². The lowest BCUT2D eigenvalue weighted by Crippen LogP contribution is -2.43. The number of nitrogens with zero attached hydrogens (tertiary/aromatic N) is 3. The normalized spacial score (nSPS) is 19.3. The highest BCUT2D eigenvalue weighted by Gasteiger charge is 2.34. The summed E-state index contributed by atoms with van der Waals surface area (Å²) in [6, 6.07) is 6.83. The van der Waals surface area contributed by atoms with Crippen LogP contribution in [0.15, 0.2) is 30.5 Å². The van der Waals surface area contributed by atoms with E-state index in [1.807, 2.05) is 13.8 Å². The van der Waals surface area contributed by atoms with E-state index in [1.54, 1.807) is 29.2 Å². The van der Waals surface area contributed by atoms with E-state index in [-0.39, 0.29) is 35.9 Å². The maximum absolute atomic E-state index is 13.3. The van der Waals surface area contributed by atoms with Crippen LogP contribution in [0.5, 0.6) is 0 Å². The number of benzene rings is 1. The fourth-order valence-corrected chi connectivity index (χ4v) is 3.89. The topological polar surface area (TPSA) is 95.7 Å². The van der Waals surface area contributed by atoms with E-state index < -0.39 is 5.97 Å². The summed E-state index contributed by atoms with van der Waals surface area (Å²) in [5.41, 5.74) is 1.42. The Morgan fingerprint density at radius 2 is 1.79 bits per heavy atom. The van der Waals surface area contributed by atoms with Crippen molar-refractivity contribution in [2.75, 3.05) is 4.90 Å². The maximum atomic E-state index is 13.3. The third-order valence-corrected chi connectivity index (χ3v) is 5.66. The maximum Gasteiger partial charge on any atom is 0.341 e. The number of rotatable bonds is 6. The second-order valence-electron chi connectivity index (χ2n) is 8.20. The van der Waals surface area contributed by atoms with Gasteiger partial charge in [0.15, 0.2) is 5.82 Å². The molecule has 1 saturated carbocycles. The summed E-state index contributed by atoms with van der Waals surface area (Å²) in [5.74, 6) is -0.446. The number of hydrogen-bond acceptors (Lipinski definition) is 4. The number of carboxylic acid groups (broad SMARTS) is 1. The molecule has 3 rings (SSSR count). The molecule has 1 amide bonds. The van der Waals surface area contributed by atoms with E-state index in [0.717, 1.165) is 31.2 Å². The minimum atomic E-state index is -1.12. The zero-order chi connectivity index (χ0) is 21.1. The average Bonchev–Trinajstić information content (AvgIpc) is 3.13. The predicted molar refractivity (Wildman–Crippen MR) is 110 cm³/mol. The molecule has 2 aromatic rings. The first-order chi connectivity index (χ1) is 13.8. The van der Waals surface area contributed by atoms with Crippen molar-refractivity contribution < 1.29 is 19.8 Å². The molecule has 0 unspecified atom stereocenters. The van der Waals surface area contributed by atoms with Gasteiger partial charge in [-0.3, -0.25) is 9.69 Å². The molecule has 29 heavy (non-hydrogen) atoms. The highest BCUT2D eigenvalue weighted by Crippen LogP contribution is 2.32. The first kappa shape index (κ1) is 21.0. The van der Waals surface area contributed by atoms with Crippen molar-refractivity contribution in [1.29, 1.82) is 0 Å². The molecular weight excluding hydrogens is 370 g/mol. The third kappa shape index (κ3) is 4.50. The molecule has 1 fully saturated rings. The summed E-state index contributed by atoms with van der Waals surface area (Å²) in [4.78, 5) is 26.8. The van der Waals surface area contributed by atoms with Gasteiger partial charge in [0.1, 0.15) is 5.56 Å². The van der Waals surface area contributed by atoms with Crippen LogP contribution < -0.4 is 4.90 Å². The summed E-state index contributed by atoms with van der Waals surface area (Å²) in [6.07, 6.45) is 5.13. The molecule has 0 radical (unpaired) electrons. The number of aromatic carboxylic acids is 1. The number of carbonyl (C=O) groups is 2. The van der Waals surface area contributed by atoms with E-state index in [1.165, 1.54) is 10.9 Å². The summed E-state index contributed by atoms with van der Waals surface area (Å²) in [7, 11) is 0. The molecule has 1 heterocycles. The minimum Gasteiger partial charge on any atom is -0.477 e. The van der Waals surface area contributed by atoms with Crippen LogP contribution in [0.1, 0.15) is 62.4 Å². The van der Waals surface area contributed by atoms with Crippen LogP contribution in [-0.2, 0) is 11.4 Å². The molecule has 0 spiro atoms. The molecule has 0 bridgehead atoms. The van der Waals surface area contributed by atoms with Crippen LogP contribution >= 0.6 is 0 Å². The van der Waals surface area contributed by atoms with Crippen molar-refractivity contribution in [3.8, 4) is 5.69 Å². The monoisotopic (exact) mass is 399 g/mol. The van der Waals surface area contributed by atoms with Crippen LogP contribution in [0.2, 0.25) is 0 Å². The lowest BCUT2D eigenvalue weighted by Gasteiger charge is -2.32. The molecule has 1 aliphatic carbocycles. The van der Waals surface area contributed by atoms with Crippen LogP contribution in [0.4, 0.5) is 5.82 Å². The van der Waals surface area contributed by atoms with Crippen LogP contribution in [0.3, 0.4) is 0 Å². The van der Waals surface area contributed by atoms with E-state index in [0.29, 0.717) is 11.6 Å². The van der Waals surface area contributed by atoms with Crippen molar-refractivity contribution in [2.45, 2.75) is 59.1 Å². The Morgan fingerprint density at radius 1 is 1.17 bits per heavy atom. The standard InChI is InChI=1S/C22H29N3O4/c1-14(2)25(21(27)17-8-4-15(3)5-9-17)20-19(22(28)29)12-24(23-20)18-10-6-16(13-26)7-11-18/h6-7,10-12,14-15,17,26H,4-5,8-9,13H2,1-3H3,(H,28,29). The first-order valence-electron chi connectivity index (χ1n) is 10.2. The van der Waals surface area contributed by atoms with Gasteiger partial charge >= 0.3 is 5.97 Å². The van der Waals surface area contributed by atoms with Crippen molar-refractivity contribution in [1.82, 2.24) is 9.78 Å². The minimum absolute atomic E-state index is 0.00228. The largest absolute Gasteiger partial charge is 0.477 e. The Bertz CT molecular complexity index is 865. The molecule has 0 saturated heterocycles. The first-order valence-corrected chi connectivity index (χ1v) is 10.2. The number of carbonyl (C=O) groups excluding carboxylic acids is 1. The highest BCUT2D eigenvalue weighted by atomic mass is 16.4. The van der Waals surface area contributed by atoms with Gasteiger partial charge in [-0.05, 0) is 63.1 Å². The Kier molecular flexibility index (Phi) is 6.37. The molecule has 0 aliphatic heterocycles. The third-order valence-electron chi connectivity index (χ3n) is 5.66. The number of aromatic nitrogens is 2. The smallest absolute Gasteiger partial charge is 0.341 e. The molecule has 2 N–H and O–H groups in total. The number of aliphatic hydroxyl groups excluding tert-OH is 1. The number of carboxylic acids is 1. The van der Waals surface area contributed by atoms with Gasteiger partial charge in [-0.25, -0.2) is 9.48 Å². The van der Waals surface area contributed by atoms with Gasteiger partial charge in [0, 0.05) is 18.2 Å². The van der Waals surface area contributed by atoms with Crippen molar-refractivity contribution in [2.24, 2.45) is 11.8 Å². The molecule has 1 aliphatic rings. The van der Waals surface area contributed by atoms with Gasteiger partial charge in [0.25, 0.3) is 0 Å². The molecule has 7 heteroatoms. The van der Waals surface area contributed by atoms with E-state index in [4.69, 9.17) is 0 Å². The summed E-state index contributed by atoms with van der Waals surface area (Å²) < 4.78 is 1.48. The van der Waals surface area contributed by atoms with Gasteiger partial charge in [0.2, 0.25) is 5.91 Å². The van der Waals surface area contributed by atoms with Crippen LogP contribution in [0, 0.1) is 11.8 Å². The van der Waals surface area contributed by atoms with Crippen LogP contribution in [0.25, 0.3) is 5.69 Å². The fourth-order valence-electron chi connectivity index (χ4n) is 3.89. The molecule has 1 aromatic heterocycles. The second-order valence-corrected chi connectivity index (χ2v) is 8.20. The molecule has 0 atom stereocenters. The van der Waals surface area contributed by atoms with Crippen molar-refractivity contribution >= 4 is 17.7 Å². The van der Waals surface area contributed by atoms with Crippen molar-refractivity contribution in [3.63, 3.8) is 0 Å². The highest BCUT2D eigenvalue weighted by molar-refractivity contribution is 6.01. The van der Waals surface area contributed by atoms with Gasteiger partial charge in [-0.1, -0.05) is 19.1 Å².